The molecule has 1 aromatic heterocycles. The molecule has 5 heteroatoms. The van der Waals surface area contributed by atoms with Gasteiger partial charge in [0.15, 0.2) is 0 Å². The third-order valence-corrected chi connectivity index (χ3v) is 3.31. The number of nitrogens with zero attached hydrogens (tertiary/aromatic N) is 2. The summed E-state index contributed by atoms with van der Waals surface area (Å²) in [5.41, 5.74) is 1.15. The molecule has 2 N–H and O–H groups in total. The van der Waals surface area contributed by atoms with Gasteiger partial charge in [0, 0.05) is 37.8 Å². The summed E-state index contributed by atoms with van der Waals surface area (Å²) < 4.78 is 1.84. The van der Waals surface area contributed by atoms with Crippen molar-refractivity contribution in [3.8, 4) is 0 Å². The molecule has 2 heterocycles. The smallest absolute Gasteiger partial charge is 0.223 e. The molecule has 0 spiro atoms. The monoisotopic (exact) mass is 236 g/mol. The number of aryl methyl sites for hydroxylation is 1. The zero-order chi connectivity index (χ0) is 12.1. The van der Waals surface area contributed by atoms with Gasteiger partial charge in [-0.3, -0.25) is 9.48 Å². The number of rotatable bonds is 4. The third kappa shape index (κ3) is 3.30. The van der Waals surface area contributed by atoms with E-state index in [1.165, 1.54) is 0 Å². The summed E-state index contributed by atoms with van der Waals surface area (Å²) >= 11 is 0. The highest BCUT2D eigenvalue weighted by Gasteiger charge is 2.20. The molecule has 5 nitrogen and oxygen atoms in total. The molecule has 1 saturated heterocycles. The molecule has 1 aromatic rings. The van der Waals surface area contributed by atoms with Crippen LogP contribution in [0.5, 0.6) is 0 Å². The number of carbonyl (C=O) groups excluding carboxylic acids is 1. The van der Waals surface area contributed by atoms with Gasteiger partial charge in [-0.2, -0.15) is 5.10 Å². The molecule has 1 aliphatic heterocycles. The Morgan fingerprint density at radius 2 is 2.35 bits per heavy atom. The molecule has 1 amide bonds. The van der Waals surface area contributed by atoms with Crippen molar-refractivity contribution in [1.82, 2.24) is 20.4 Å². The van der Waals surface area contributed by atoms with Gasteiger partial charge >= 0.3 is 0 Å². The van der Waals surface area contributed by atoms with Gasteiger partial charge in [0.1, 0.15) is 0 Å². The van der Waals surface area contributed by atoms with Gasteiger partial charge in [-0.1, -0.05) is 0 Å². The van der Waals surface area contributed by atoms with E-state index in [-0.39, 0.29) is 11.8 Å². The predicted molar refractivity (Wildman–Crippen MR) is 65.5 cm³/mol. The van der Waals surface area contributed by atoms with Gasteiger partial charge in [-0.25, -0.2) is 0 Å². The molecule has 0 radical (unpaired) electrons. The molecular formula is C12H20N4O. The fourth-order valence-corrected chi connectivity index (χ4v) is 2.19. The Kier molecular flexibility index (Phi) is 4.14. The summed E-state index contributed by atoms with van der Waals surface area (Å²) in [5.74, 6) is 0.399. The SMILES string of the molecule is Cn1nccc1CCNC(=O)C1CCNCC1. The first-order chi connectivity index (χ1) is 8.27. The van der Waals surface area contributed by atoms with Crippen LogP contribution in [0.15, 0.2) is 12.3 Å². The highest BCUT2D eigenvalue weighted by atomic mass is 16.1. The first kappa shape index (κ1) is 12.1. The van der Waals surface area contributed by atoms with Gasteiger partial charge < -0.3 is 10.6 Å². The number of hydrogen-bond donors (Lipinski definition) is 2. The van der Waals surface area contributed by atoms with Crippen molar-refractivity contribution in [3.05, 3.63) is 18.0 Å². The predicted octanol–water partition coefficient (Wildman–Crippen LogP) is 0.0784. The zero-order valence-corrected chi connectivity index (χ0v) is 10.3. The van der Waals surface area contributed by atoms with E-state index in [2.05, 4.69) is 15.7 Å². The van der Waals surface area contributed by atoms with Crippen LogP contribution in [0.3, 0.4) is 0 Å². The van der Waals surface area contributed by atoms with Crippen LogP contribution in [0.25, 0.3) is 0 Å². The Bertz CT molecular complexity index is 368. The first-order valence-electron chi connectivity index (χ1n) is 6.22. The topological polar surface area (TPSA) is 59.0 Å². The summed E-state index contributed by atoms with van der Waals surface area (Å²) in [6.45, 7) is 2.61. The van der Waals surface area contributed by atoms with E-state index in [9.17, 15) is 4.79 Å². The minimum Gasteiger partial charge on any atom is -0.355 e. The van der Waals surface area contributed by atoms with E-state index in [1.54, 1.807) is 6.20 Å². The second-order valence-electron chi connectivity index (χ2n) is 4.51. The van der Waals surface area contributed by atoms with Gasteiger partial charge in [0.2, 0.25) is 5.91 Å². The summed E-state index contributed by atoms with van der Waals surface area (Å²) in [7, 11) is 1.92. The Labute approximate surface area is 102 Å². The first-order valence-corrected chi connectivity index (χ1v) is 6.22. The van der Waals surface area contributed by atoms with Crippen LogP contribution in [0.4, 0.5) is 0 Å². The Hall–Kier alpha value is -1.36. The van der Waals surface area contributed by atoms with E-state index in [1.807, 2.05) is 17.8 Å². The maximum Gasteiger partial charge on any atom is 0.223 e. The summed E-state index contributed by atoms with van der Waals surface area (Å²) in [6.07, 6.45) is 4.53. The molecule has 0 aliphatic carbocycles. The summed E-state index contributed by atoms with van der Waals surface area (Å²) in [4.78, 5) is 11.9. The Morgan fingerprint density at radius 1 is 1.59 bits per heavy atom. The standard InChI is InChI=1S/C12H20N4O/c1-16-11(5-9-15-16)4-8-14-12(17)10-2-6-13-7-3-10/h5,9-10,13H,2-4,6-8H2,1H3,(H,14,17). The molecule has 0 unspecified atom stereocenters. The summed E-state index contributed by atoms with van der Waals surface area (Å²) in [6, 6.07) is 1.98. The van der Waals surface area contributed by atoms with Crippen LogP contribution in [-0.4, -0.2) is 35.3 Å². The average Bonchev–Trinajstić information content (AvgIpc) is 2.76. The van der Waals surface area contributed by atoms with E-state index in [4.69, 9.17) is 0 Å². The van der Waals surface area contributed by atoms with E-state index >= 15 is 0 Å². The maximum atomic E-state index is 11.9. The van der Waals surface area contributed by atoms with Gasteiger partial charge in [0.25, 0.3) is 0 Å². The minimum atomic E-state index is 0.197. The molecule has 1 fully saturated rings. The van der Waals surface area contributed by atoms with Crippen LogP contribution < -0.4 is 10.6 Å². The molecule has 0 bridgehead atoms. The lowest BCUT2D eigenvalue weighted by Gasteiger charge is -2.21. The largest absolute Gasteiger partial charge is 0.355 e. The third-order valence-electron chi connectivity index (χ3n) is 3.31. The second-order valence-corrected chi connectivity index (χ2v) is 4.51. The summed E-state index contributed by atoms with van der Waals surface area (Å²) in [5, 5.41) is 10.4. The average molecular weight is 236 g/mol. The molecule has 94 valence electrons. The molecule has 17 heavy (non-hydrogen) atoms. The highest BCUT2D eigenvalue weighted by Crippen LogP contribution is 2.11. The molecular weight excluding hydrogens is 216 g/mol. The normalized spacial score (nSPS) is 17.0. The van der Waals surface area contributed by atoms with Crippen LogP contribution >= 0.6 is 0 Å². The molecule has 2 rings (SSSR count). The van der Waals surface area contributed by atoms with Crippen LogP contribution in [-0.2, 0) is 18.3 Å². The van der Waals surface area contributed by atoms with Crippen molar-refractivity contribution in [3.63, 3.8) is 0 Å². The second kappa shape index (κ2) is 5.82. The van der Waals surface area contributed by atoms with Crippen LogP contribution in [0.1, 0.15) is 18.5 Å². The lowest BCUT2D eigenvalue weighted by Crippen LogP contribution is -2.38. The van der Waals surface area contributed by atoms with Gasteiger partial charge in [0.05, 0.1) is 0 Å². The molecule has 0 aromatic carbocycles. The van der Waals surface area contributed by atoms with E-state index in [0.717, 1.165) is 38.0 Å². The van der Waals surface area contributed by atoms with Gasteiger partial charge in [-0.15, -0.1) is 0 Å². The zero-order valence-electron chi connectivity index (χ0n) is 10.3. The number of amides is 1. The van der Waals surface area contributed by atoms with Crippen molar-refractivity contribution in [2.75, 3.05) is 19.6 Å². The molecule has 0 atom stereocenters. The number of piperidine rings is 1. The highest BCUT2D eigenvalue weighted by molar-refractivity contribution is 5.78. The molecule has 1 aliphatic rings. The van der Waals surface area contributed by atoms with Crippen molar-refractivity contribution >= 4 is 5.91 Å². The lowest BCUT2D eigenvalue weighted by molar-refractivity contribution is -0.125. The quantitative estimate of drug-likeness (QED) is 0.778. The number of aromatic nitrogens is 2. The fourth-order valence-electron chi connectivity index (χ4n) is 2.19. The number of carbonyl (C=O) groups is 1. The van der Waals surface area contributed by atoms with E-state index < -0.39 is 0 Å². The maximum absolute atomic E-state index is 11.9. The Balaban J connectivity index is 1.71. The van der Waals surface area contributed by atoms with E-state index in [0.29, 0.717) is 6.54 Å². The minimum absolute atomic E-state index is 0.197. The van der Waals surface area contributed by atoms with Gasteiger partial charge in [-0.05, 0) is 32.0 Å². The van der Waals surface area contributed by atoms with Crippen LogP contribution in [0, 0.1) is 5.92 Å². The number of nitrogens with one attached hydrogen (secondary N) is 2. The fraction of sp³-hybridized carbons (Fsp3) is 0.667. The molecule has 0 saturated carbocycles. The van der Waals surface area contributed by atoms with Crippen molar-refractivity contribution in [2.45, 2.75) is 19.3 Å². The van der Waals surface area contributed by atoms with Crippen LogP contribution in [0.2, 0.25) is 0 Å². The lowest BCUT2D eigenvalue weighted by atomic mass is 9.97. The van der Waals surface area contributed by atoms with Crippen molar-refractivity contribution < 1.29 is 4.79 Å². The number of hydrogen-bond acceptors (Lipinski definition) is 3. The Morgan fingerprint density at radius 3 is 3.00 bits per heavy atom. The van der Waals surface area contributed by atoms with Crippen molar-refractivity contribution in [2.24, 2.45) is 13.0 Å². The van der Waals surface area contributed by atoms with Crippen molar-refractivity contribution in [1.29, 1.82) is 0 Å².